The Morgan fingerprint density at radius 3 is 2.42 bits per heavy atom. The molecule has 1 aliphatic heterocycles. The molecule has 3 aromatic carbocycles. The number of carbonyl (C=O) groups excluding carboxylic acids is 1. The second-order valence-electron chi connectivity index (χ2n) is 7.97. The van der Waals surface area contributed by atoms with Gasteiger partial charge in [0, 0.05) is 19.2 Å². The maximum absolute atomic E-state index is 15.5. The van der Waals surface area contributed by atoms with Crippen molar-refractivity contribution in [2.45, 2.75) is 26.2 Å². The highest BCUT2D eigenvalue weighted by molar-refractivity contribution is 6.17. The van der Waals surface area contributed by atoms with Gasteiger partial charge in [-0.05, 0) is 30.2 Å². The molecule has 0 aromatic heterocycles. The lowest BCUT2D eigenvalue weighted by Gasteiger charge is -2.43. The smallest absolute Gasteiger partial charge is 0.337 e. The molecule has 0 aliphatic carbocycles. The van der Waals surface area contributed by atoms with Gasteiger partial charge >= 0.3 is 12.0 Å². The number of fused-ring (bicyclic) bond motifs is 2. The quantitative estimate of drug-likeness (QED) is 0.311. The molecule has 1 aliphatic rings. The van der Waals surface area contributed by atoms with Crippen molar-refractivity contribution >= 4 is 34.7 Å². The number of unbranched alkanes of at least 4 members (excludes halogenated alkanes) is 2. The average molecular weight is 448 g/mol. The number of amides is 2. The summed E-state index contributed by atoms with van der Waals surface area (Å²) in [5.41, 5.74) is 2.98. The van der Waals surface area contributed by atoms with E-state index in [1.807, 2.05) is 30.3 Å². The molecule has 0 spiro atoms. The van der Waals surface area contributed by atoms with E-state index < -0.39 is 11.8 Å². The second-order valence-corrected chi connectivity index (χ2v) is 7.97. The summed E-state index contributed by atoms with van der Waals surface area (Å²) in [4.78, 5) is 27.7. The van der Waals surface area contributed by atoms with E-state index in [0.717, 1.165) is 24.8 Å². The number of carboxylic acid groups (broad SMARTS) is 1. The number of nitrogens with zero attached hydrogens (tertiary/aromatic N) is 2. The average Bonchev–Trinajstić information content (AvgIpc) is 2.81. The second kappa shape index (κ2) is 9.32. The van der Waals surface area contributed by atoms with E-state index in [4.69, 9.17) is 0 Å². The predicted octanol–water partition coefficient (Wildman–Crippen LogP) is 6.31. The van der Waals surface area contributed by atoms with Gasteiger partial charge in [0.15, 0.2) is 0 Å². The lowest BCUT2D eigenvalue weighted by atomic mass is 9.92. The van der Waals surface area contributed by atoms with Crippen LogP contribution in [0.1, 0.15) is 36.5 Å². The minimum absolute atomic E-state index is 0.0559. The SMILES string of the molecule is CCCCCNC(=O)N(C)c1c2c(F)cc(-c3ccccc3)c1N2c1ccccc1C(=O)O. The highest BCUT2D eigenvalue weighted by Crippen LogP contribution is 2.61. The number of aromatic carboxylic acids is 1. The number of benzene rings is 3. The van der Waals surface area contributed by atoms with Crippen LogP contribution in [0.5, 0.6) is 0 Å². The van der Waals surface area contributed by atoms with Crippen LogP contribution in [0.25, 0.3) is 11.1 Å². The van der Waals surface area contributed by atoms with Crippen molar-refractivity contribution in [2.75, 3.05) is 23.4 Å². The zero-order chi connectivity index (χ0) is 23.5. The van der Waals surface area contributed by atoms with Gasteiger partial charge in [-0.3, -0.25) is 4.90 Å². The van der Waals surface area contributed by atoms with Crippen molar-refractivity contribution in [3.63, 3.8) is 0 Å². The summed E-state index contributed by atoms with van der Waals surface area (Å²) in [7, 11) is 1.60. The van der Waals surface area contributed by atoms with Crippen molar-refractivity contribution in [1.29, 1.82) is 0 Å². The Morgan fingerprint density at radius 1 is 1.03 bits per heavy atom. The number of urea groups is 1. The van der Waals surface area contributed by atoms with E-state index in [1.165, 1.54) is 17.0 Å². The standard InChI is InChI=1S/C26H26FN3O3/c1-3-4-10-15-28-26(33)29(2)24-22-19(17-11-6-5-7-12-17)16-20(27)23(24)30(22)21-14-9-8-13-18(21)25(31)32/h5-9,11-14,16H,3-4,10,15H2,1-2H3,(H,28,33)(H,31,32). The zero-order valence-corrected chi connectivity index (χ0v) is 18.6. The van der Waals surface area contributed by atoms with E-state index in [9.17, 15) is 14.7 Å². The minimum atomic E-state index is -1.11. The molecular weight excluding hydrogens is 421 g/mol. The van der Waals surface area contributed by atoms with Crippen LogP contribution in [0.3, 0.4) is 0 Å². The third kappa shape index (κ3) is 4.02. The molecule has 0 saturated heterocycles. The van der Waals surface area contributed by atoms with Gasteiger partial charge in [-0.2, -0.15) is 0 Å². The maximum atomic E-state index is 15.5. The molecule has 0 radical (unpaired) electrons. The molecule has 0 unspecified atom stereocenters. The van der Waals surface area contributed by atoms with Crippen LogP contribution in [-0.4, -0.2) is 30.7 Å². The molecule has 2 N–H and O–H groups in total. The summed E-state index contributed by atoms with van der Waals surface area (Å²) in [6.07, 6.45) is 2.92. The molecule has 33 heavy (non-hydrogen) atoms. The number of hydrogen-bond donors (Lipinski definition) is 2. The topological polar surface area (TPSA) is 72.9 Å². The Bertz CT molecular complexity index is 1200. The normalized spacial score (nSPS) is 11.7. The molecule has 4 rings (SSSR count). The fourth-order valence-corrected chi connectivity index (χ4v) is 4.15. The summed E-state index contributed by atoms with van der Waals surface area (Å²) in [5.74, 6) is -1.63. The van der Waals surface area contributed by atoms with Crippen LogP contribution in [0.2, 0.25) is 0 Å². The Kier molecular flexibility index (Phi) is 6.31. The number of carboxylic acids is 1. The Morgan fingerprint density at radius 2 is 1.73 bits per heavy atom. The fourth-order valence-electron chi connectivity index (χ4n) is 4.15. The highest BCUT2D eigenvalue weighted by atomic mass is 19.1. The van der Waals surface area contributed by atoms with Gasteiger partial charge in [-0.25, -0.2) is 14.0 Å². The summed E-state index contributed by atoms with van der Waals surface area (Å²) in [6, 6.07) is 16.9. The molecular formula is C26H26FN3O3. The molecule has 1 heterocycles. The van der Waals surface area contributed by atoms with Gasteiger partial charge in [-0.15, -0.1) is 0 Å². The Hall–Kier alpha value is -3.87. The first-order chi connectivity index (χ1) is 16.0. The lowest BCUT2D eigenvalue weighted by molar-refractivity contribution is 0.0697. The minimum Gasteiger partial charge on any atom is -0.478 e. The van der Waals surface area contributed by atoms with Crippen LogP contribution < -0.4 is 15.1 Å². The summed E-state index contributed by atoms with van der Waals surface area (Å²) in [5, 5.41) is 12.6. The number of hydrogen-bond acceptors (Lipinski definition) is 3. The van der Waals surface area contributed by atoms with Gasteiger partial charge in [0.05, 0.1) is 22.6 Å². The summed E-state index contributed by atoms with van der Waals surface area (Å²) < 4.78 is 15.5. The first-order valence-corrected chi connectivity index (χ1v) is 11.0. The zero-order valence-electron chi connectivity index (χ0n) is 18.6. The number of nitrogens with one attached hydrogen (secondary N) is 1. The van der Waals surface area contributed by atoms with E-state index in [0.29, 0.717) is 29.2 Å². The lowest BCUT2D eigenvalue weighted by Crippen LogP contribution is -2.41. The monoisotopic (exact) mass is 447 g/mol. The number of rotatable bonds is 8. The van der Waals surface area contributed by atoms with Gasteiger partial charge in [-0.1, -0.05) is 62.2 Å². The predicted molar refractivity (Wildman–Crippen MR) is 128 cm³/mol. The van der Waals surface area contributed by atoms with E-state index in [1.54, 1.807) is 30.1 Å². The molecule has 3 aromatic rings. The molecule has 7 heteroatoms. The molecule has 0 atom stereocenters. The molecule has 6 nitrogen and oxygen atoms in total. The molecule has 2 amide bonds. The van der Waals surface area contributed by atoms with Gasteiger partial charge < -0.3 is 15.3 Å². The van der Waals surface area contributed by atoms with Gasteiger partial charge in [0.2, 0.25) is 0 Å². The number of carbonyl (C=O) groups is 2. The van der Waals surface area contributed by atoms with Crippen molar-refractivity contribution in [3.05, 3.63) is 72.0 Å². The van der Waals surface area contributed by atoms with Crippen LogP contribution in [0.15, 0.2) is 60.7 Å². The maximum Gasteiger partial charge on any atom is 0.337 e. The molecule has 170 valence electrons. The van der Waals surface area contributed by atoms with Gasteiger partial charge in [0.25, 0.3) is 0 Å². The number of halogens is 1. The van der Waals surface area contributed by atoms with Crippen molar-refractivity contribution in [2.24, 2.45) is 0 Å². The third-order valence-corrected chi connectivity index (χ3v) is 5.80. The van der Waals surface area contributed by atoms with Crippen LogP contribution in [-0.2, 0) is 0 Å². The summed E-state index contributed by atoms with van der Waals surface area (Å²) >= 11 is 0. The fraction of sp³-hybridized carbons (Fsp3) is 0.231. The number of anilines is 4. The molecule has 2 bridgehead atoms. The van der Waals surface area contributed by atoms with Crippen molar-refractivity contribution in [3.8, 4) is 11.1 Å². The van der Waals surface area contributed by atoms with Crippen molar-refractivity contribution in [1.82, 2.24) is 5.32 Å². The van der Waals surface area contributed by atoms with E-state index in [-0.39, 0.29) is 17.3 Å². The largest absolute Gasteiger partial charge is 0.478 e. The van der Waals surface area contributed by atoms with Crippen LogP contribution in [0.4, 0.5) is 31.9 Å². The third-order valence-electron chi connectivity index (χ3n) is 5.80. The van der Waals surface area contributed by atoms with E-state index >= 15 is 4.39 Å². The van der Waals surface area contributed by atoms with Crippen LogP contribution >= 0.6 is 0 Å². The van der Waals surface area contributed by atoms with E-state index in [2.05, 4.69) is 12.2 Å². The highest BCUT2D eigenvalue weighted by Gasteiger charge is 2.41. The summed E-state index contributed by atoms with van der Waals surface area (Å²) in [6.45, 7) is 2.63. The van der Waals surface area contributed by atoms with Gasteiger partial charge in [0.1, 0.15) is 11.5 Å². The van der Waals surface area contributed by atoms with Crippen molar-refractivity contribution < 1.29 is 19.1 Å². The molecule has 0 saturated carbocycles. The Labute approximate surface area is 192 Å². The van der Waals surface area contributed by atoms with Crippen LogP contribution in [0, 0.1) is 5.82 Å². The Balaban J connectivity index is 1.81. The first-order valence-electron chi connectivity index (χ1n) is 11.0. The molecule has 0 fully saturated rings. The number of para-hydroxylation sites is 1. The first kappa shape index (κ1) is 22.3.